The summed E-state index contributed by atoms with van der Waals surface area (Å²) in [5, 5.41) is 4.30. The van der Waals surface area contributed by atoms with Gasteiger partial charge in [-0.1, -0.05) is 44.9 Å². The summed E-state index contributed by atoms with van der Waals surface area (Å²) in [5.74, 6) is 0. The number of hydrogen-bond donors (Lipinski definition) is 1. The average molecular weight is 309 g/mol. The molecule has 1 aromatic carbocycles. The van der Waals surface area contributed by atoms with Gasteiger partial charge in [0.25, 0.3) is 0 Å². The molecule has 1 aromatic rings. The quantitative estimate of drug-likeness (QED) is 0.821. The minimum absolute atomic E-state index is 0.307. The van der Waals surface area contributed by atoms with Gasteiger partial charge in [-0.25, -0.2) is 0 Å². The van der Waals surface area contributed by atoms with E-state index in [0.29, 0.717) is 11.5 Å². The standard InChI is InChI=1S/C18H29ClN2/c1-5-18(4)9-11-21(12-10-18)15-7-8-16(17(19)13-15)14(3)20-6-2/h7-8,13-14,20H,5-6,9-12H2,1-4H3. The van der Waals surface area contributed by atoms with E-state index in [1.54, 1.807) is 0 Å². The Labute approximate surface area is 134 Å². The summed E-state index contributed by atoms with van der Waals surface area (Å²) in [7, 11) is 0. The number of anilines is 1. The van der Waals surface area contributed by atoms with Gasteiger partial charge in [-0.3, -0.25) is 0 Å². The summed E-state index contributed by atoms with van der Waals surface area (Å²) in [6.45, 7) is 12.3. The smallest absolute Gasteiger partial charge is 0.0474 e. The molecular formula is C18H29ClN2. The van der Waals surface area contributed by atoms with Crippen LogP contribution in [0, 0.1) is 5.41 Å². The Bertz CT molecular complexity index is 464. The monoisotopic (exact) mass is 308 g/mol. The van der Waals surface area contributed by atoms with Crippen LogP contribution in [0.4, 0.5) is 5.69 Å². The Morgan fingerprint density at radius 1 is 1.29 bits per heavy atom. The first-order valence-corrected chi connectivity index (χ1v) is 8.64. The van der Waals surface area contributed by atoms with Gasteiger partial charge in [0, 0.05) is 29.8 Å². The molecule has 1 aliphatic heterocycles. The molecule has 0 aliphatic carbocycles. The van der Waals surface area contributed by atoms with Crippen molar-refractivity contribution in [2.45, 2.75) is 53.0 Å². The maximum Gasteiger partial charge on any atom is 0.0474 e. The number of rotatable bonds is 5. The Morgan fingerprint density at radius 2 is 1.95 bits per heavy atom. The first kappa shape index (κ1) is 16.6. The van der Waals surface area contributed by atoms with Gasteiger partial charge in [0.1, 0.15) is 0 Å². The van der Waals surface area contributed by atoms with Gasteiger partial charge in [-0.15, -0.1) is 0 Å². The van der Waals surface area contributed by atoms with E-state index in [-0.39, 0.29) is 0 Å². The molecule has 1 unspecified atom stereocenters. The van der Waals surface area contributed by atoms with Crippen LogP contribution in [0.3, 0.4) is 0 Å². The minimum Gasteiger partial charge on any atom is -0.371 e. The van der Waals surface area contributed by atoms with E-state index in [9.17, 15) is 0 Å². The van der Waals surface area contributed by atoms with Crippen LogP contribution < -0.4 is 10.2 Å². The van der Waals surface area contributed by atoms with Crippen molar-refractivity contribution in [3.63, 3.8) is 0 Å². The van der Waals surface area contributed by atoms with Crippen LogP contribution >= 0.6 is 11.6 Å². The molecule has 2 rings (SSSR count). The number of hydrogen-bond acceptors (Lipinski definition) is 2. The number of nitrogens with zero attached hydrogens (tertiary/aromatic N) is 1. The lowest BCUT2D eigenvalue weighted by atomic mass is 9.78. The molecule has 21 heavy (non-hydrogen) atoms. The van der Waals surface area contributed by atoms with Crippen molar-refractivity contribution in [3.8, 4) is 0 Å². The van der Waals surface area contributed by atoms with Gasteiger partial charge in [0.05, 0.1) is 0 Å². The topological polar surface area (TPSA) is 15.3 Å². The predicted octanol–water partition coefficient (Wildman–Crippen LogP) is 5.03. The second-order valence-corrected chi connectivity index (χ2v) is 7.04. The zero-order valence-electron chi connectivity index (χ0n) is 13.9. The van der Waals surface area contributed by atoms with Crippen LogP contribution in [0.2, 0.25) is 5.02 Å². The Morgan fingerprint density at radius 3 is 2.48 bits per heavy atom. The van der Waals surface area contributed by atoms with Gasteiger partial charge in [-0.05, 0) is 49.4 Å². The van der Waals surface area contributed by atoms with Gasteiger partial charge in [-0.2, -0.15) is 0 Å². The SMILES string of the molecule is CCNC(C)c1ccc(N2CCC(C)(CC)CC2)cc1Cl. The zero-order valence-corrected chi connectivity index (χ0v) is 14.6. The fourth-order valence-corrected chi connectivity index (χ4v) is 3.48. The molecule has 1 fully saturated rings. The van der Waals surface area contributed by atoms with Crippen molar-refractivity contribution in [3.05, 3.63) is 28.8 Å². The molecule has 0 spiro atoms. The lowest BCUT2D eigenvalue weighted by Gasteiger charge is -2.40. The van der Waals surface area contributed by atoms with Crippen LogP contribution in [0.5, 0.6) is 0 Å². The van der Waals surface area contributed by atoms with Gasteiger partial charge in [0.15, 0.2) is 0 Å². The maximum atomic E-state index is 6.50. The Balaban J connectivity index is 2.07. The molecule has 1 N–H and O–H groups in total. The second kappa shape index (κ2) is 7.02. The number of piperidine rings is 1. The summed E-state index contributed by atoms with van der Waals surface area (Å²) < 4.78 is 0. The summed E-state index contributed by atoms with van der Waals surface area (Å²) in [4.78, 5) is 2.48. The lowest BCUT2D eigenvalue weighted by Crippen LogP contribution is -2.38. The third-order valence-electron chi connectivity index (χ3n) is 5.15. The predicted molar refractivity (Wildman–Crippen MR) is 93.4 cm³/mol. The molecule has 1 atom stereocenters. The Hall–Kier alpha value is -0.730. The van der Waals surface area contributed by atoms with E-state index >= 15 is 0 Å². The molecule has 118 valence electrons. The van der Waals surface area contributed by atoms with Gasteiger partial charge in [0.2, 0.25) is 0 Å². The Kier molecular flexibility index (Phi) is 5.56. The van der Waals surface area contributed by atoms with Gasteiger partial charge >= 0.3 is 0 Å². The molecule has 1 aliphatic rings. The highest BCUT2D eigenvalue weighted by Gasteiger charge is 2.28. The summed E-state index contributed by atoms with van der Waals surface area (Å²) in [6.07, 6.45) is 3.83. The third kappa shape index (κ3) is 3.92. The van der Waals surface area contributed by atoms with E-state index in [1.165, 1.54) is 30.5 Å². The zero-order chi connectivity index (χ0) is 15.5. The first-order valence-electron chi connectivity index (χ1n) is 8.27. The maximum absolute atomic E-state index is 6.50. The molecule has 1 saturated heterocycles. The second-order valence-electron chi connectivity index (χ2n) is 6.64. The van der Waals surface area contributed by atoms with E-state index in [1.807, 2.05) is 0 Å². The fourth-order valence-electron chi connectivity index (χ4n) is 3.14. The summed E-state index contributed by atoms with van der Waals surface area (Å²) in [6, 6.07) is 6.85. The van der Waals surface area contributed by atoms with Crippen molar-refractivity contribution in [1.29, 1.82) is 0 Å². The van der Waals surface area contributed by atoms with Crippen molar-refractivity contribution >= 4 is 17.3 Å². The molecule has 0 bridgehead atoms. The van der Waals surface area contributed by atoms with E-state index < -0.39 is 0 Å². The van der Waals surface area contributed by atoms with Crippen LogP contribution in [-0.2, 0) is 0 Å². The normalized spacial score (nSPS) is 19.6. The third-order valence-corrected chi connectivity index (χ3v) is 5.48. The van der Waals surface area contributed by atoms with Crippen molar-refractivity contribution in [2.24, 2.45) is 5.41 Å². The van der Waals surface area contributed by atoms with Crippen LogP contribution in [0.1, 0.15) is 58.6 Å². The number of benzene rings is 1. The van der Waals surface area contributed by atoms with E-state index in [2.05, 4.69) is 56.1 Å². The molecule has 0 aromatic heterocycles. The van der Waals surface area contributed by atoms with Crippen molar-refractivity contribution < 1.29 is 0 Å². The number of halogens is 1. The highest BCUT2D eigenvalue weighted by molar-refractivity contribution is 6.31. The van der Waals surface area contributed by atoms with Gasteiger partial charge < -0.3 is 10.2 Å². The molecule has 0 radical (unpaired) electrons. The molecule has 2 nitrogen and oxygen atoms in total. The van der Waals surface area contributed by atoms with Crippen LogP contribution in [0.15, 0.2) is 18.2 Å². The van der Waals surface area contributed by atoms with Crippen LogP contribution in [0.25, 0.3) is 0 Å². The largest absolute Gasteiger partial charge is 0.371 e. The summed E-state index contributed by atoms with van der Waals surface area (Å²) >= 11 is 6.50. The van der Waals surface area contributed by atoms with Crippen LogP contribution in [-0.4, -0.2) is 19.6 Å². The lowest BCUT2D eigenvalue weighted by molar-refractivity contribution is 0.238. The van der Waals surface area contributed by atoms with E-state index in [4.69, 9.17) is 11.6 Å². The highest BCUT2D eigenvalue weighted by atomic mass is 35.5. The summed E-state index contributed by atoms with van der Waals surface area (Å²) in [5.41, 5.74) is 2.99. The molecule has 1 heterocycles. The first-order chi connectivity index (χ1) is 9.99. The molecule has 0 amide bonds. The minimum atomic E-state index is 0.307. The fraction of sp³-hybridized carbons (Fsp3) is 0.667. The van der Waals surface area contributed by atoms with E-state index in [0.717, 1.165) is 24.7 Å². The van der Waals surface area contributed by atoms with Crippen molar-refractivity contribution in [1.82, 2.24) is 5.32 Å². The van der Waals surface area contributed by atoms with Crippen molar-refractivity contribution in [2.75, 3.05) is 24.5 Å². The molecule has 3 heteroatoms. The average Bonchev–Trinajstić information content (AvgIpc) is 2.48. The highest BCUT2D eigenvalue weighted by Crippen LogP contribution is 2.36. The molecule has 0 saturated carbocycles. The molecular weight excluding hydrogens is 280 g/mol. The number of nitrogens with one attached hydrogen (secondary N) is 1.